The van der Waals surface area contributed by atoms with E-state index >= 15 is 0 Å². The number of rotatable bonds is 16. The number of nitriles is 2. The fraction of sp³-hybridized carbons (Fsp3) is 0.818. The van der Waals surface area contributed by atoms with Crippen molar-refractivity contribution in [2.45, 2.75) is 103 Å². The Hall–Kier alpha value is -2.48. The van der Waals surface area contributed by atoms with Crippen LogP contribution in [0.4, 0.5) is 0 Å². The predicted octanol–water partition coefficient (Wildman–Crippen LogP) is 4.18. The normalized spacial score (nSPS) is 11.7. The second-order valence-corrected chi connectivity index (χ2v) is 8.47. The van der Waals surface area contributed by atoms with E-state index in [9.17, 15) is 9.59 Å². The maximum absolute atomic E-state index is 12.4. The van der Waals surface area contributed by atoms with E-state index in [4.69, 9.17) is 10.5 Å². The van der Waals surface area contributed by atoms with E-state index in [0.29, 0.717) is 25.9 Å². The smallest absolute Gasteiger partial charge is 0.249 e. The fourth-order valence-electron chi connectivity index (χ4n) is 2.54. The summed E-state index contributed by atoms with van der Waals surface area (Å²) in [6.45, 7) is 7.81. The van der Waals surface area contributed by atoms with Crippen LogP contribution in [0.1, 0.15) is 91.9 Å². The van der Waals surface area contributed by atoms with Gasteiger partial charge in [0.2, 0.25) is 11.8 Å². The zero-order valence-electron chi connectivity index (χ0n) is 19.1. The van der Waals surface area contributed by atoms with Crippen molar-refractivity contribution in [1.29, 1.82) is 10.5 Å². The molecule has 0 saturated carbocycles. The van der Waals surface area contributed by atoms with Crippen molar-refractivity contribution in [2.24, 2.45) is 10.2 Å². The number of carbonyl (C=O) groups excluding carboxylic acids is 2. The van der Waals surface area contributed by atoms with Gasteiger partial charge < -0.3 is 10.6 Å². The summed E-state index contributed by atoms with van der Waals surface area (Å²) in [5.41, 5.74) is -2.11. The van der Waals surface area contributed by atoms with Gasteiger partial charge in [0.25, 0.3) is 0 Å². The maximum Gasteiger partial charge on any atom is 0.249 e. The van der Waals surface area contributed by atoms with Crippen LogP contribution in [0.5, 0.6) is 0 Å². The van der Waals surface area contributed by atoms with E-state index in [1.54, 1.807) is 27.7 Å². The topological polar surface area (TPSA) is 130 Å². The first-order valence-electron chi connectivity index (χ1n) is 10.9. The second-order valence-electron chi connectivity index (χ2n) is 8.47. The molecule has 2 amide bonds. The largest absolute Gasteiger partial charge is 0.354 e. The highest BCUT2D eigenvalue weighted by molar-refractivity contribution is 5.86. The zero-order chi connectivity index (χ0) is 22.9. The van der Waals surface area contributed by atoms with Crippen LogP contribution >= 0.6 is 0 Å². The Morgan fingerprint density at radius 1 is 0.667 bits per heavy atom. The first-order valence-corrected chi connectivity index (χ1v) is 10.9. The summed E-state index contributed by atoms with van der Waals surface area (Å²) in [5.74, 6) is -0.450. The number of azo groups is 1. The summed E-state index contributed by atoms with van der Waals surface area (Å²) < 4.78 is 0. The molecule has 0 aromatic carbocycles. The number of unbranched alkanes of at least 4 members (excludes halogenated alkanes) is 8. The third kappa shape index (κ3) is 12.9. The summed E-state index contributed by atoms with van der Waals surface area (Å²) in [6.07, 6.45) is 8.54. The van der Waals surface area contributed by atoms with Crippen LogP contribution in [-0.4, -0.2) is 36.0 Å². The van der Waals surface area contributed by atoms with Gasteiger partial charge in [0, 0.05) is 25.9 Å². The quantitative estimate of drug-likeness (QED) is 0.287. The van der Waals surface area contributed by atoms with Gasteiger partial charge in [-0.15, -0.1) is 0 Å². The molecule has 8 heteroatoms. The van der Waals surface area contributed by atoms with Crippen molar-refractivity contribution in [3.05, 3.63) is 0 Å². The van der Waals surface area contributed by atoms with Gasteiger partial charge in [-0.05, 0) is 53.4 Å². The Labute approximate surface area is 181 Å². The van der Waals surface area contributed by atoms with Crippen LogP contribution in [0.3, 0.4) is 0 Å². The van der Waals surface area contributed by atoms with Crippen LogP contribution in [0.2, 0.25) is 0 Å². The maximum atomic E-state index is 12.4. The van der Waals surface area contributed by atoms with E-state index in [1.807, 2.05) is 0 Å². The molecule has 0 rings (SSSR count). The van der Waals surface area contributed by atoms with Gasteiger partial charge in [0.05, 0.1) is 12.1 Å². The molecule has 168 valence electrons. The molecule has 0 aromatic heterocycles. The molecule has 0 unspecified atom stereocenters. The Morgan fingerprint density at radius 3 is 1.33 bits per heavy atom. The molecular weight excluding hydrogens is 380 g/mol. The lowest BCUT2D eigenvalue weighted by Crippen LogP contribution is -2.43. The van der Waals surface area contributed by atoms with Crippen molar-refractivity contribution in [3.8, 4) is 12.1 Å². The van der Waals surface area contributed by atoms with Crippen molar-refractivity contribution in [3.63, 3.8) is 0 Å². The number of nitrogens with zero attached hydrogens (tertiary/aromatic N) is 4. The highest BCUT2D eigenvalue weighted by atomic mass is 16.2. The van der Waals surface area contributed by atoms with Crippen LogP contribution in [0.25, 0.3) is 0 Å². The van der Waals surface area contributed by atoms with Gasteiger partial charge >= 0.3 is 0 Å². The number of nitrogens with one attached hydrogen (secondary N) is 2. The van der Waals surface area contributed by atoms with Crippen LogP contribution in [-0.2, 0) is 9.59 Å². The minimum atomic E-state index is -1.06. The fourth-order valence-corrected chi connectivity index (χ4v) is 2.54. The van der Waals surface area contributed by atoms with Crippen molar-refractivity contribution in [2.75, 3.05) is 13.1 Å². The Kier molecular flexibility index (Phi) is 14.1. The van der Waals surface area contributed by atoms with E-state index in [1.165, 1.54) is 0 Å². The van der Waals surface area contributed by atoms with Gasteiger partial charge in [-0.1, -0.05) is 25.7 Å². The molecule has 0 fully saturated rings. The standard InChI is InChI=1S/C22H38N6O2/c1-21(2,19(29)25-17-13-9-5-7-11-15-23)27-28-22(3,4)20(30)26-18-14-10-6-8-12-16-24/h5-14,17-18H2,1-4H3,(H,25,29)(H,26,30). The highest BCUT2D eigenvalue weighted by Crippen LogP contribution is 2.16. The molecule has 30 heavy (non-hydrogen) atoms. The van der Waals surface area contributed by atoms with Crippen molar-refractivity contribution >= 4 is 11.8 Å². The van der Waals surface area contributed by atoms with Crippen LogP contribution in [0.15, 0.2) is 10.2 Å². The molecule has 0 atom stereocenters. The molecule has 0 radical (unpaired) electrons. The molecule has 0 heterocycles. The van der Waals surface area contributed by atoms with E-state index < -0.39 is 11.1 Å². The molecule has 0 aliphatic heterocycles. The molecule has 0 bridgehead atoms. The molecule has 0 spiro atoms. The zero-order valence-corrected chi connectivity index (χ0v) is 19.1. The van der Waals surface area contributed by atoms with E-state index in [2.05, 4.69) is 33.0 Å². The molecule has 8 nitrogen and oxygen atoms in total. The van der Waals surface area contributed by atoms with Gasteiger partial charge in [-0.3, -0.25) is 9.59 Å². The Bertz CT molecular complexity index is 575. The Morgan fingerprint density at radius 2 is 1.00 bits per heavy atom. The predicted molar refractivity (Wildman–Crippen MR) is 116 cm³/mol. The average molecular weight is 419 g/mol. The summed E-state index contributed by atoms with van der Waals surface area (Å²) in [5, 5.41) is 31.0. The summed E-state index contributed by atoms with van der Waals surface area (Å²) in [6, 6.07) is 4.25. The van der Waals surface area contributed by atoms with Crippen molar-refractivity contribution in [1.82, 2.24) is 10.6 Å². The van der Waals surface area contributed by atoms with Gasteiger partial charge in [0.1, 0.15) is 0 Å². The van der Waals surface area contributed by atoms with Gasteiger partial charge in [-0.2, -0.15) is 20.8 Å². The molecule has 0 aromatic rings. The van der Waals surface area contributed by atoms with E-state index in [-0.39, 0.29) is 11.8 Å². The number of amides is 2. The molecule has 0 aliphatic rings. The monoisotopic (exact) mass is 418 g/mol. The van der Waals surface area contributed by atoms with Crippen LogP contribution in [0, 0.1) is 22.7 Å². The van der Waals surface area contributed by atoms with E-state index in [0.717, 1.165) is 51.4 Å². The number of hydrogen-bond acceptors (Lipinski definition) is 6. The molecule has 2 N–H and O–H groups in total. The lowest BCUT2D eigenvalue weighted by Gasteiger charge is -2.22. The summed E-state index contributed by atoms with van der Waals surface area (Å²) in [7, 11) is 0. The second kappa shape index (κ2) is 15.4. The third-order valence-corrected chi connectivity index (χ3v) is 4.66. The minimum absolute atomic E-state index is 0.225. The average Bonchev–Trinajstić information content (AvgIpc) is 2.70. The third-order valence-electron chi connectivity index (χ3n) is 4.66. The number of hydrogen-bond donors (Lipinski definition) is 2. The summed E-state index contributed by atoms with van der Waals surface area (Å²) >= 11 is 0. The molecule has 0 saturated heterocycles. The van der Waals surface area contributed by atoms with Gasteiger partial charge in [-0.25, -0.2) is 0 Å². The SMILES string of the molecule is CC(C)(N=NC(C)(C)C(=O)NCCCCCCC#N)C(=O)NCCCCCCC#N. The molecular formula is C22H38N6O2. The van der Waals surface area contributed by atoms with Crippen LogP contribution < -0.4 is 10.6 Å². The number of carbonyl (C=O) groups is 2. The minimum Gasteiger partial charge on any atom is -0.354 e. The first kappa shape index (κ1) is 27.5. The lowest BCUT2D eigenvalue weighted by molar-refractivity contribution is -0.127. The lowest BCUT2D eigenvalue weighted by atomic mass is 10.0. The highest BCUT2D eigenvalue weighted by Gasteiger charge is 2.31. The van der Waals surface area contributed by atoms with Crippen molar-refractivity contribution < 1.29 is 9.59 Å². The summed E-state index contributed by atoms with van der Waals surface area (Å²) in [4.78, 5) is 24.8. The van der Waals surface area contributed by atoms with Gasteiger partial charge in [0.15, 0.2) is 11.1 Å². The first-order chi connectivity index (χ1) is 14.2. The Balaban J connectivity index is 4.29. The molecule has 0 aliphatic carbocycles.